The number of hydrogen-bond donors (Lipinski definition) is 1. The van der Waals surface area contributed by atoms with Crippen LogP contribution >= 0.6 is 0 Å². The predicted octanol–water partition coefficient (Wildman–Crippen LogP) is 1.10. The van der Waals surface area contributed by atoms with E-state index in [2.05, 4.69) is 31.3 Å². The van der Waals surface area contributed by atoms with Crippen LogP contribution in [0.4, 0.5) is 0 Å². The fraction of sp³-hybridized carbons (Fsp3) is 0.462. The van der Waals surface area contributed by atoms with Crippen molar-refractivity contribution in [1.82, 2.24) is 14.5 Å². The molecule has 0 atom stereocenters. The summed E-state index contributed by atoms with van der Waals surface area (Å²) in [6, 6.07) is 4.55. The SMILES string of the molecule is Cc1cc2c(cc1C)n(C1CNC1)c(=O)n2C. The Balaban J connectivity index is 2.37. The molecule has 1 aromatic carbocycles. The van der Waals surface area contributed by atoms with Crippen molar-refractivity contribution in [2.45, 2.75) is 19.9 Å². The van der Waals surface area contributed by atoms with Crippen LogP contribution in [-0.2, 0) is 7.05 Å². The average molecular weight is 231 g/mol. The maximum atomic E-state index is 12.2. The lowest BCUT2D eigenvalue weighted by molar-refractivity contribution is 0.341. The maximum absolute atomic E-state index is 12.2. The van der Waals surface area contributed by atoms with E-state index < -0.39 is 0 Å². The van der Waals surface area contributed by atoms with Crippen LogP contribution in [0.15, 0.2) is 16.9 Å². The molecule has 1 aliphatic heterocycles. The second-order valence-corrected chi connectivity index (χ2v) is 4.95. The van der Waals surface area contributed by atoms with Crippen molar-refractivity contribution < 1.29 is 0 Å². The third-order valence-corrected chi connectivity index (χ3v) is 3.83. The number of fused-ring (bicyclic) bond motifs is 1. The highest BCUT2D eigenvalue weighted by molar-refractivity contribution is 5.78. The van der Waals surface area contributed by atoms with Gasteiger partial charge < -0.3 is 5.32 Å². The number of aryl methyl sites for hydroxylation is 3. The highest BCUT2D eigenvalue weighted by Gasteiger charge is 2.24. The van der Waals surface area contributed by atoms with Crippen LogP contribution in [0.3, 0.4) is 0 Å². The molecule has 2 aromatic rings. The van der Waals surface area contributed by atoms with Crippen molar-refractivity contribution in [2.24, 2.45) is 7.05 Å². The molecule has 0 amide bonds. The molecule has 0 unspecified atom stereocenters. The molecule has 1 fully saturated rings. The van der Waals surface area contributed by atoms with Gasteiger partial charge in [0.05, 0.1) is 17.1 Å². The van der Waals surface area contributed by atoms with Crippen LogP contribution in [-0.4, -0.2) is 22.2 Å². The second-order valence-electron chi connectivity index (χ2n) is 4.95. The number of benzene rings is 1. The Morgan fingerprint density at radius 2 is 1.76 bits per heavy atom. The molecule has 1 N–H and O–H groups in total. The average Bonchev–Trinajstić information content (AvgIpc) is 2.44. The van der Waals surface area contributed by atoms with Gasteiger partial charge in [-0.2, -0.15) is 0 Å². The van der Waals surface area contributed by atoms with Gasteiger partial charge in [-0.1, -0.05) is 0 Å². The highest BCUT2D eigenvalue weighted by atomic mass is 16.1. The van der Waals surface area contributed by atoms with Gasteiger partial charge in [0.25, 0.3) is 0 Å². The van der Waals surface area contributed by atoms with Crippen molar-refractivity contribution in [3.8, 4) is 0 Å². The molecular formula is C13H17N3O. The van der Waals surface area contributed by atoms with E-state index in [1.54, 1.807) is 4.57 Å². The molecule has 4 nitrogen and oxygen atoms in total. The van der Waals surface area contributed by atoms with Gasteiger partial charge >= 0.3 is 5.69 Å². The van der Waals surface area contributed by atoms with Crippen molar-refractivity contribution in [3.63, 3.8) is 0 Å². The lowest BCUT2D eigenvalue weighted by atomic mass is 10.1. The molecule has 0 spiro atoms. The minimum atomic E-state index is 0.0940. The molecule has 4 heteroatoms. The van der Waals surface area contributed by atoms with Gasteiger partial charge in [0, 0.05) is 20.1 Å². The summed E-state index contributed by atoms with van der Waals surface area (Å²) in [5, 5.41) is 3.22. The van der Waals surface area contributed by atoms with Crippen molar-refractivity contribution in [3.05, 3.63) is 33.7 Å². The Kier molecular flexibility index (Phi) is 2.16. The summed E-state index contributed by atoms with van der Waals surface area (Å²) in [7, 11) is 1.85. The number of imidazole rings is 1. The molecule has 0 aliphatic carbocycles. The van der Waals surface area contributed by atoms with Gasteiger partial charge in [-0.15, -0.1) is 0 Å². The monoisotopic (exact) mass is 231 g/mol. The third kappa shape index (κ3) is 1.37. The summed E-state index contributed by atoms with van der Waals surface area (Å²) < 4.78 is 3.68. The van der Waals surface area contributed by atoms with E-state index in [0.29, 0.717) is 6.04 Å². The standard InChI is InChI=1S/C13H17N3O/c1-8-4-11-12(5-9(8)2)16(10-6-14-7-10)13(17)15(11)3/h4-5,10,14H,6-7H2,1-3H3. The van der Waals surface area contributed by atoms with Crippen LogP contribution < -0.4 is 11.0 Å². The molecule has 2 heterocycles. The van der Waals surface area contributed by atoms with E-state index in [4.69, 9.17) is 0 Å². The minimum absolute atomic E-state index is 0.0940. The lowest BCUT2D eigenvalue weighted by Crippen LogP contribution is -2.46. The fourth-order valence-corrected chi connectivity index (χ4v) is 2.42. The number of rotatable bonds is 1. The minimum Gasteiger partial charge on any atom is -0.313 e. The van der Waals surface area contributed by atoms with Gasteiger partial charge in [-0.05, 0) is 37.1 Å². The Morgan fingerprint density at radius 1 is 1.18 bits per heavy atom. The van der Waals surface area contributed by atoms with E-state index in [1.165, 1.54) is 11.1 Å². The Hall–Kier alpha value is -1.55. The zero-order valence-electron chi connectivity index (χ0n) is 10.4. The molecule has 0 saturated carbocycles. The van der Waals surface area contributed by atoms with E-state index in [-0.39, 0.29) is 5.69 Å². The second kappa shape index (κ2) is 3.47. The molecular weight excluding hydrogens is 214 g/mol. The Bertz CT molecular complexity index is 647. The number of nitrogens with one attached hydrogen (secondary N) is 1. The smallest absolute Gasteiger partial charge is 0.313 e. The zero-order chi connectivity index (χ0) is 12.2. The summed E-state index contributed by atoms with van der Waals surface area (Å²) in [5.74, 6) is 0. The number of nitrogens with zero attached hydrogens (tertiary/aromatic N) is 2. The summed E-state index contributed by atoms with van der Waals surface area (Å²) >= 11 is 0. The zero-order valence-corrected chi connectivity index (χ0v) is 10.4. The molecule has 0 radical (unpaired) electrons. The van der Waals surface area contributed by atoms with E-state index in [9.17, 15) is 4.79 Å². The number of hydrogen-bond acceptors (Lipinski definition) is 2. The van der Waals surface area contributed by atoms with Crippen LogP contribution in [0, 0.1) is 13.8 Å². The van der Waals surface area contributed by atoms with E-state index in [1.807, 2.05) is 11.6 Å². The van der Waals surface area contributed by atoms with Crippen molar-refractivity contribution in [2.75, 3.05) is 13.1 Å². The lowest BCUT2D eigenvalue weighted by Gasteiger charge is -2.28. The first kappa shape index (κ1) is 10.6. The summed E-state index contributed by atoms with van der Waals surface area (Å²) in [4.78, 5) is 12.2. The summed E-state index contributed by atoms with van der Waals surface area (Å²) in [5.41, 5.74) is 4.66. The van der Waals surface area contributed by atoms with E-state index >= 15 is 0 Å². The topological polar surface area (TPSA) is 39.0 Å². The van der Waals surface area contributed by atoms with Gasteiger partial charge in [0.2, 0.25) is 0 Å². The van der Waals surface area contributed by atoms with Crippen LogP contribution in [0.5, 0.6) is 0 Å². The Labute approximate surface area is 99.9 Å². The molecule has 1 aliphatic rings. The Morgan fingerprint density at radius 3 is 2.29 bits per heavy atom. The predicted molar refractivity (Wildman–Crippen MR) is 68.6 cm³/mol. The molecule has 1 saturated heterocycles. The normalized spacial score (nSPS) is 16.4. The van der Waals surface area contributed by atoms with E-state index in [0.717, 1.165) is 24.1 Å². The largest absolute Gasteiger partial charge is 0.329 e. The molecule has 1 aromatic heterocycles. The summed E-state index contributed by atoms with van der Waals surface area (Å²) in [6.45, 7) is 5.97. The maximum Gasteiger partial charge on any atom is 0.329 e. The molecule has 17 heavy (non-hydrogen) atoms. The highest BCUT2D eigenvalue weighted by Crippen LogP contribution is 2.22. The first-order chi connectivity index (χ1) is 8.09. The quantitative estimate of drug-likeness (QED) is 0.798. The van der Waals surface area contributed by atoms with Gasteiger partial charge in [-0.3, -0.25) is 9.13 Å². The van der Waals surface area contributed by atoms with Gasteiger partial charge in [0.15, 0.2) is 0 Å². The van der Waals surface area contributed by atoms with Gasteiger partial charge in [-0.25, -0.2) is 4.79 Å². The van der Waals surface area contributed by atoms with Gasteiger partial charge in [0.1, 0.15) is 0 Å². The summed E-state index contributed by atoms with van der Waals surface area (Å²) in [6.07, 6.45) is 0. The fourth-order valence-electron chi connectivity index (χ4n) is 2.42. The van der Waals surface area contributed by atoms with Crippen molar-refractivity contribution in [1.29, 1.82) is 0 Å². The van der Waals surface area contributed by atoms with Crippen LogP contribution in [0.2, 0.25) is 0 Å². The first-order valence-electron chi connectivity index (χ1n) is 5.98. The van der Waals surface area contributed by atoms with Crippen LogP contribution in [0.25, 0.3) is 11.0 Å². The first-order valence-corrected chi connectivity index (χ1v) is 5.98. The molecule has 0 bridgehead atoms. The third-order valence-electron chi connectivity index (χ3n) is 3.83. The number of aromatic nitrogens is 2. The van der Waals surface area contributed by atoms with Crippen LogP contribution in [0.1, 0.15) is 17.2 Å². The molecule has 3 rings (SSSR count). The molecule has 90 valence electrons. The van der Waals surface area contributed by atoms with Crippen molar-refractivity contribution >= 4 is 11.0 Å².